The molecule has 1 aliphatic rings. The number of aliphatic carboxylic acids is 1. The van der Waals surface area contributed by atoms with Gasteiger partial charge in [-0.05, 0) is 37.5 Å². The highest BCUT2D eigenvalue weighted by atomic mass is 16.4. The molecule has 19 heavy (non-hydrogen) atoms. The molecule has 1 rings (SSSR count). The van der Waals surface area contributed by atoms with Gasteiger partial charge in [0.15, 0.2) is 0 Å². The van der Waals surface area contributed by atoms with Crippen molar-refractivity contribution in [2.24, 2.45) is 23.0 Å². The van der Waals surface area contributed by atoms with Gasteiger partial charge < -0.3 is 16.2 Å². The molecule has 0 heterocycles. The number of carbonyl (C=O) groups is 2. The topological polar surface area (TPSA) is 92.4 Å². The first-order chi connectivity index (χ1) is 8.60. The highest BCUT2D eigenvalue weighted by molar-refractivity contribution is 5.88. The maximum atomic E-state index is 12.2. The maximum Gasteiger partial charge on any atom is 0.329 e. The zero-order valence-corrected chi connectivity index (χ0v) is 12.3. The van der Waals surface area contributed by atoms with Crippen molar-refractivity contribution in [1.82, 2.24) is 5.32 Å². The average molecular weight is 270 g/mol. The molecule has 0 bridgehead atoms. The summed E-state index contributed by atoms with van der Waals surface area (Å²) in [5, 5.41) is 12.0. The van der Waals surface area contributed by atoms with Crippen LogP contribution in [0.4, 0.5) is 0 Å². The lowest BCUT2D eigenvalue weighted by atomic mass is 9.83. The number of hydrogen-bond acceptors (Lipinski definition) is 3. The summed E-state index contributed by atoms with van der Waals surface area (Å²) < 4.78 is 0. The lowest BCUT2D eigenvalue weighted by molar-refractivity contribution is -0.148. The number of nitrogens with one attached hydrogen (secondary N) is 1. The van der Waals surface area contributed by atoms with Gasteiger partial charge in [0.1, 0.15) is 5.54 Å². The molecule has 2 atom stereocenters. The fourth-order valence-electron chi connectivity index (χ4n) is 2.37. The lowest BCUT2D eigenvalue weighted by Crippen LogP contribution is -2.56. The lowest BCUT2D eigenvalue weighted by Gasteiger charge is -2.30. The number of carboxylic acids is 1. The molecule has 0 aromatic heterocycles. The van der Waals surface area contributed by atoms with Crippen molar-refractivity contribution in [2.75, 3.05) is 6.54 Å². The molecule has 1 saturated carbocycles. The van der Waals surface area contributed by atoms with Crippen LogP contribution in [-0.4, -0.2) is 29.1 Å². The summed E-state index contributed by atoms with van der Waals surface area (Å²) in [7, 11) is 0. The van der Waals surface area contributed by atoms with E-state index in [1.807, 2.05) is 20.8 Å². The first-order valence-electron chi connectivity index (χ1n) is 6.85. The van der Waals surface area contributed by atoms with Crippen LogP contribution in [0, 0.1) is 17.3 Å². The highest BCUT2D eigenvalue weighted by Gasteiger charge is 2.49. The van der Waals surface area contributed by atoms with E-state index in [1.165, 1.54) is 0 Å². The van der Waals surface area contributed by atoms with Crippen LogP contribution < -0.4 is 11.1 Å². The third-order valence-electron chi connectivity index (χ3n) is 3.74. The van der Waals surface area contributed by atoms with Crippen molar-refractivity contribution < 1.29 is 14.7 Å². The maximum absolute atomic E-state index is 12.2. The minimum absolute atomic E-state index is 0.0133. The van der Waals surface area contributed by atoms with Gasteiger partial charge in [0.05, 0.1) is 5.92 Å². The molecule has 0 aromatic carbocycles. The predicted molar refractivity (Wildman–Crippen MR) is 73.5 cm³/mol. The second kappa shape index (κ2) is 5.49. The smallest absolute Gasteiger partial charge is 0.329 e. The molecule has 0 saturated heterocycles. The Kier molecular flexibility index (Phi) is 4.61. The Morgan fingerprint density at radius 2 is 1.84 bits per heavy atom. The molecule has 0 spiro atoms. The summed E-state index contributed by atoms with van der Waals surface area (Å²) in [5.41, 5.74) is 4.50. The van der Waals surface area contributed by atoms with Gasteiger partial charge in [-0.25, -0.2) is 4.79 Å². The molecule has 1 fully saturated rings. The van der Waals surface area contributed by atoms with E-state index in [0.717, 1.165) is 12.8 Å². The van der Waals surface area contributed by atoms with Crippen LogP contribution in [0.2, 0.25) is 0 Å². The summed E-state index contributed by atoms with van der Waals surface area (Å²) >= 11 is 0. The quantitative estimate of drug-likeness (QED) is 0.679. The van der Waals surface area contributed by atoms with Gasteiger partial charge >= 0.3 is 5.97 Å². The van der Waals surface area contributed by atoms with Crippen LogP contribution in [-0.2, 0) is 9.59 Å². The Bertz CT molecular complexity index is 358. The van der Waals surface area contributed by atoms with Crippen molar-refractivity contribution in [3.8, 4) is 0 Å². The first-order valence-corrected chi connectivity index (χ1v) is 6.85. The Morgan fingerprint density at radius 3 is 2.16 bits per heavy atom. The van der Waals surface area contributed by atoms with Crippen molar-refractivity contribution in [1.29, 1.82) is 0 Å². The minimum Gasteiger partial charge on any atom is -0.480 e. The second-order valence-corrected chi connectivity index (χ2v) is 6.97. The van der Waals surface area contributed by atoms with E-state index >= 15 is 0 Å². The van der Waals surface area contributed by atoms with Gasteiger partial charge in [-0.3, -0.25) is 4.79 Å². The summed E-state index contributed by atoms with van der Waals surface area (Å²) in [4.78, 5) is 23.6. The van der Waals surface area contributed by atoms with Crippen LogP contribution in [0.1, 0.15) is 47.0 Å². The molecule has 1 amide bonds. The predicted octanol–water partition coefficient (Wildman–Crippen LogP) is 1.37. The van der Waals surface area contributed by atoms with E-state index in [0.29, 0.717) is 6.42 Å². The first kappa shape index (κ1) is 16.0. The van der Waals surface area contributed by atoms with Gasteiger partial charge in [0.2, 0.25) is 5.91 Å². The van der Waals surface area contributed by atoms with E-state index in [1.54, 1.807) is 6.92 Å². The number of hydrogen-bond donors (Lipinski definition) is 3. The van der Waals surface area contributed by atoms with Gasteiger partial charge in [-0.2, -0.15) is 0 Å². The zero-order chi connectivity index (χ0) is 14.8. The molecule has 0 aromatic rings. The van der Waals surface area contributed by atoms with E-state index in [-0.39, 0.29) is 29.7 Å². The van der Waals surface area contributed by atoms with Crippen molar-refractivity contribution in [2.45, 2.75) is 52.5 Å². The molecule has 0 radical (unpaired) electrons. The normalized spacial score (nSPS) is 20.5. The van der Waals surface area contributed by atoms with E-state index in [4.69, 9.17) is 5.73 Å². The van der Waals surface area contributed by atoms with Crippen LogP contribution in [0.15, 0.2) is 0 Å². The van der Waals surface area contributed by atoms with E-state index in [2.05, 4.69) is 5.32 Å². The van der Waals surface area contributed by atoms with Crippen molar-refractivity contribution in [3.05, 3.63) is 0 Å². The SMILES string of the molecule is CC(C)(C)CC(CN)C(=O)NC(C)(C(=O)O)C1CC1. The molecule has 5 heteroatoms. The van der Waals surface area contributed by atoms with Crippen LogP contribution in [0.25, 0.3) is 0 Å². The van der Waals surface area contributed by atoms with Crippen LogP contribution >= 0.6 is 0 Å². The molecule has 5 nitrogen and oxygen atoms in total. The van der Waals surface area contributed by atoms with Gasteiger partial charge in [-0.15, -0.1) is 0 Å². The van der Waals surface area contributed by atoms with E-state index in [9.17, 15) is 14.7 Å². The molecule has 4 N–H and O–H groups in total. The zero-order valence-electron chi connectivity index (χ0n) is 12.3. The number of carboxylic acid groups (broad SMARTS) is 1. The molecule has 2 unspecified atom stereocenters. The van der Waals surface area contributed by atoms with Gasteiger partial charge in [-0.1, -0.05) is 20.8 Å². The Labute approximate surface area is 114 Å². The van der Waals surface area contributed by atoms with Crippen molar-refractivity contribution >= 4 is 11.9 Å². The monoisotopic (exact) mass is 270 g/mol. The van der Waals surface area contributed by atoms with Crippen molar-refractivity contribution in [3.63, 3.8) is 0 Å². The number of carbonyl (C=O) groups excluding carboxylic acids is 1. The Hall–Kier alpha value is -1.10. The largest absolute Gasteiger partial charge is 0.480 e. The number of rotatable bonds is 6. The van der Waals surface area contributed by atoms with E-state index < -0.39 is 11.5 Å². The van der Waals surface area contributed by atoms with Gasteiger partial charge in [0, 0.05) is 6.54 Å². The Balaban J connectivity index is 2.73. The molecular weight excluding hydrogens is 244 g/mol. The average Bonchev–Trinajstić information content (AvgIpc) is 3.07. The fraction of sp³-hybridized carbons (Fsp3) is 0.857. The highest BCUT2D eigenvalue weighted by Crippen LogP contribution is 2.40. The molecular formula is C14H26N2O3. The number of nitrogens with two attached hydrogens (primary N) is 1. The van der Waals surface area contributed by atoms with Crippen LogP contribution in [0.3, 0.4) is 0 Å². The fourth-order valence-corrected chi connectivity index (χ4v) is 2.37. The third kappa shape index (κ3) is 4.20. The summed E-state index contributed by atoms with van der Waals surface area (Å²) in [6, 6.07) is 0. The minimum atomic E-state index is -1.15. The Morgan fingerprint density at radius 1 is 1.32 bits per heavy atom. The standard InChI is InChI=1S/C14H26N2O3/c1-13(2,3)7-9(8-15)11(17)16-14(4,12(18)19)10-5-6-10/h9-10H,5-8,15H2,1-4H3,(H,16,17)(H,18,19). The molecule has 110 valence electrons. The number of amides is 1. The van der Waals surface area contributed by atoms with Gasteiger partial charge in [0.25, 0.3) is 0 Å². The second-order valence-electron chi connectivity index (χ2n) is 6.97. The summed E-state index contributed by atoms with van der Waals surface area (Å²) in [6.07, 6.45) is 2.36. The third-order valence-corrected chi connectivity index (χ3v) is 3.74. The van der Waals surface area contributed by atoms with Crippen LogP contribution in [0.5, 0.6) is 0 Å². The summed E-state index contributed by atoms with van der Waals surface area (Å²) in [6.45, 7) is 7.96. The summed E-state index contributed by atoms with van der Waals surface area (Å²) in [5.74, 6) is -1.50. The molecule has 0 aliphatic heterocycles. The molecule has 1 aliphatic carbocycles.